The maximum Gasteiger partial charge on any atom is 0.469 e. The Balaban J connectivity index is 0. The van der Waals surface area contributed by atoms with E-state index < -0.39 is 0 Å². The van der Waals surface area contributed by atoms with E-state index in [0.29, 0.717) is 15.4 Å². The summed E-state index contributed by atoms with van der Waals surface area (Å²) in [4.78, 5) is 0. The lowest BCUT2D eigenvalue weighted by Crippen LogP contribution is -2.00. The van der Waals surface area contributed by atoms with E-state index in [-0.39, 0.29) is 0 Å². The maximum absolute atomic E-state index is 7.53. The van der Waals surface area contributed by atoms with Crippen molar-refractivity contribution in [1.29, 1.82) is 0 Å². The van der Waals surface area contributed by atoms with Crippen LogP contribution in [-0.2, 0) is 4.57 Å². The van der Waals surface area contributed by atoms with E-state index in [1.807, 2.05) is 0 Å². The Morgan fingerprint density at radius 3 is 1.43 bits per heavy atom. The molecule has 0 aliphatic heterocycles. The third-order valence-corrected chi connectivity index (χ3v) is 0.122. The van der Waals surface area contributed by atoms with E-state index in [2.05, 4.69) is 17.4 Å². The summed E-state index contributed by atoms with van der Waals surface area (Å²) in [6, 6.07) is 0. The molecule has 2 radical (unpaired) electrons. The summed E-state index contributed by atoms with van der Waals surface area (Å²) in [5.41, 5.74) is 0. The molecular weight excluding hydrogens is 93.6 g/mol. The van der Waals surface area contributed by atoms with Crippen LogP contribution in [0.4, 0.5) is 0 Å². The summed E-state index contributed by atoms with van der Waals surface area (Å²) in [5.74, 6) is 0. The number of hydrogen-bond acceptors (Lipinski definition) is 3. The first-order valence-electron chi connectivity index (χ1n) is 1.32. The third kappa shape index (κ3) is 28.8. The summed E-state index contributed by atoms with van der Waals surface area (Å²) >= 11 is 0. The van der Waals surface area contributed by atoms with Gasteiger partial charge in [0.15, 0.2) is 0 Å². The standard InChI is InChI=1S/C2H2.B2H2O3/c1-2;3-1-5-2-4/h1-2H;3-4H. The highest BCUT2D eigenvalue weighted by Gasteiger charge is 1.80. The number of terminal acetylenes is 1. The van der Waals surface area contributed by atoms with Gasteiger partial charge in [-0.25, -0.2) is 0 Å². The van der Waals surface area contributed by atoms with E-state index in [4.69, 9.17) is 10.0 Å². The molecule has 0 bridgehead atoms. The molecule has 0 unspecified atom stereocenters. The van der Waals surface area contributed by atoms with Crippen LogP contribution in [0.2, 0.25) is 0 Å². The summed E-state index contributed by atoms with van der Waals surface area (Å²) < 4.78 is 3.69. The molecule has 36 valence electrons. The van der Waals surface area contributed by atoms with Gasteiger partial charge in [-0.2, -0.15) is 0 Å². The van der Waals surface area contributed by atoms with Crippen LogP contribution in [0, 0.1) is 12.8 Å². The first-order chi connectivity index (χ1) is 3.41. The maximum atomic E-state index is 7.53. The molecule has 3 nitrogen and oxygen atoms in total. The average molecular weight is 97.7 g/mol. The lowest BCUT2D eigenvalue weighted by Gasteiger charge is -1.78. The molecule has 0 saturated heterocycles. The molecule has 2 N–H and O–H groups in total. The van der Waals surface area contributed by atoms with E-state index in [9.17, 15) is 0 Å². The van der Waals surface area contributed by atoms with Gasteiger partial charge in [-0.3, -0.25) is 0 Å². The Labute approximate surface area is 43.9 Å². The van der Waals surface area contributed by atoms with Crippen LogP contribution in [0.25, 0.3) is 0 Å². The van der Waals surface area contributed by atoms with Gasteiger partial charge in [0.1, 0.15) is 0 Å². The van der Waals surface area contributed by atoms with Gasteiger partial charge >= 0.3 is 15.4 Å². The highest BCUT2D eigenvalue weighted by molar-refractivity contribution is 6.32. The van der Waals surface area contributed by atoms with Gasteiger partial charge in [0, 0.05) is 0 Å². The van der Waals surface area contributed by atoms with Crippen molar-refractivity contribution in [2.45, 2.75) is 0 Å². The van der Waals surface area contributed by atoms with Crippen molar-refractivity contribution in [3.05, 3.63) is 0 Å². The van der Waals surface area contributed by atoms with Crippen LogP contribution in [0.15, 0.2) is 0 Å². The Hall–Kier alpha value is -0.430. The fourth-order valence-electron chi connectivity index (χ4n) is 0.0272. The Morgan fingerprint density at radius 1 is 1.14 bits per heavy atom. The predicted octanol–water partition coefficient (Wildman–Crippen LogP) is -1.69. The van der Waals surface area contributed by atoms with Gasteiger partial charge in [-0.1, -0.05) is 0 Å². The number of rotatable bonds is 2. The van der Waals surface area contributed by atoms with E-state index in [1.165, 1.54) is 0 Å². The van der Waals surface area contributed by atoms with Crippen molar-refractivity contribution >= 4 is 15.4 Å². The molecule has 0 aliphatic carbocycles. The number of hydrogen-bond donors (Lipinski definition) is 2. The van der Waals surface area contributed by atoms with Crippen LogP contribution in [0.3, 0.4) is 0 Å². The second-order valence-corrected chi connectivity index (χ2v) is 0.347. The fourth-order valence-corrected chi connectivity index (χ4v) is 0.0272. The lowest BCUT2D eigenvalue weighted by atomic mass is 10.3. The van der Waals surface area contributed by atoms with Crippen LogP contribution < -0.4 is 0 Å². The van der Waals surface area contributed by atoms with Gasteiger partial charge in [0.05, 0.1) is 0 Å². The zero-order valence-corrected chi connectivity index (χ0v) is 3.61. The second-order valence-electron chi connectivity index (χ2n) is 0.347. The van der Waals surface area contributed by atoms with E-state index in [0.717, 1.165) is 0 Å². The molecule has 0 aliphatic rings. The van der Waals surface area contributed by atoms with Gasteiger partial charge in [0.25, 0.3) is 0 Å². The van der Waals surface area contributed by atoms with Gasteiger partial charge in [-0.05, 0) is 0 Å². The average Bonchev–Trinajstić information content (AvgIpc) is 1.75. The first kappa shape index (κ1) is 9.76. The Kier molecular flexibility index (Phi) is 24.6. The van der Waals surface area contributed by atoms with Crippen LogP contribution in [-0.4, -0.2) is 25.4 Å². The minimum Gasteiger partial charge on any atom is -0.456 e. The molecule has 0 spiro atoms. The molecule has 0 fully saturated rings. The van der Waals surface area contributed by atoms with Crippen LogP contribution in [0.5, 0.6) is 0 Å². The third-order valence-electron chi connectivity index (χ3n) is 0.122. The van der Waals surface area contributed by atoms with Crippen LogP contribution >= 0.6 is 0 Å². The van der Waals surface area contributed by atoms with Crippen molar-refractivity contribution < 1.29 is 14.6 Å². The molecular formula is C2H4B2O3. The minimum absolute atomic E-state index is 0.375. The van der Waals surface area contributed by atoms with Crippen molar-refractivity contribution in [3.63, 3.8) is 0 Å². The summed E-state index contributed by atoms with van der Waals surface area (Å²) in [7, 11) is 0.750. The molecule has 5 heteroatoms. The summed E-state index contributed by atoms with van der Waals surface area (Å²) in [5, 5.41) is 15.1. The highest BCUT2D eigenvalue weighted by atomic mass is 16.5. The van der Waals surface area contributed by atoms with E-state index >= 15 is 0 Å². The zero-order valence-electron chi connectivity index (χ0n) is 3.61. The molecule has 0 atom stereocenters. The first-order valence-corrected chi connectivity index (χ1v) is 1.32. The molecule has 0 amide bonds. The monoisotopic (exact) mass is 98.0 g/mol. The van der Waals surface area contributed by atoms with Crippen LogP contribution in [0.1, 0.15) is 0 Å². The smallest absolute Gasteiger partial charge is 0.456 e. The Morgan fingerprint density at radius 2 is 1.43 bits per heavy atom. The van der Waals surface area contributed by atoms with Gasteiger partial charge in [-0.15, -0.1) is 12.8 Å². The summed E-state index contributed by atoms with van der Waals surface area (Å²) in [6.45, 7) is 0. The fraction of sp³-hybridized carbons (Fsp3) is 0. The zero-order chi connectivity index (χ0) is 6.12. The molecule has 0 aromatic rings. The van der Waals surface area contributed by atoms with Crippen molar-refractivity contribution in [3.8, 4) is 12.8 Å². The molecule has 0 saturated carbocycles. The van der Waals surface area contributed by atoms with Gasteiger partial charge in [0.2, 0.25) is 0 Å². The molecule has 0 heterocycles. The highest BCUT2D eigenvalue weighted by Crippen LogP contribution is 1.48. The second kappa shape index (κ2) is 17.6. The molecule has 0 rings (SSSR count). The molecule has 7 heavy (non-hydrogen) atoms. The van der Waals surface area contributed by atoms with E-state index in [1.54, 1.807) is 0 Å². The van der Waals surface area contributed by atoms with Crippen molar-refractivity contribution in [2.75, 3.05) is 0 Å². The quantitative estimate of drug-likeness (QED) is 0.319. The molecule has 0 aromatic carbocycles. The normalized spacial score (nSPS) is 5.14. The predicted molar refractivity (Wildman–Crippen MR) is 26.9 cm³/mol. The summed E-state index contributed by atoms with van der Waals surface area (Å²) in [6.07, 6.45) is 8.00. The molecule has 0 aromatic heterocycles. The lowest BCUT2D eigenvalue weighted by molar-refractivity contribution is 0.408. The SMILES string of the molecule is C#C.O[B]O[B]O. The van der Waals surface area contributed by atoms with Crippen molar-refractivity contribution in [2.24, 2.45) is 0 Å². The Bertz CT molecular complexity index is 35.2. The minimum atomic E-state index is 0.375. The topological polar surface area (TPSA) is 49.7 Å². The van der Waals surface area contributed by atoms with Crippen molar-refractivity contribution in [1.82, 2.24) is 0 Å². The van der Waals surface area contributed by atoms with Gasteiger partial charge < -0.3 is 14.6 Å². The largest absolute Gasteiger partial charge is 0.469 e.